The topological polar surface area (TPSA) is 134 Å². The minimum Gasteiger partial charge on any atom is -0.458 e. The zero-order valence-corrected chi connectivity index (χ0v) is 39.4. The Kier molecular flexibility index (Phi) is 44.8. The van der Waals surface area contributed by atoms with Crippen LogP contribution in [0.5, 0.6) is 0 Å². The third kappa shape index (κ3) is 45.8. The predicted octanol–water partition coefficient (Wildman–Crippen LogP) is 14.7. The van der Waals surface area contributed by atoms with E-state index < -0.39 is 32.5 Å². The summed E-state index contributed by atoms with van der Waals surface area (Å²) in [6, 6.07) is 0. The molecule has 0 fully saturated rings. The van der Waals surface area contributed by atoms with Crippen molar-refractivity contribution < 1.29 is 37.6 Å². The molecule has 0 aliphatic carbocycles. The maximum absolute atomic E-state index is 12.6. The van der Waals surface area contributed by atoms with Crippen molar-refractivity contribution in [1.82, 2.24) is 0 Å². The number of phosphoric ester groups is 1. The van der Waals surface area contributed by atoms with Crippen molar-refractivity contribution >= 4 is 19.8 Å². The molecule has 10 heteroatoms. The minimum atomic E-state index is -4.40. The molecule has 0 saturated heterocycles. The third-order valence-corrected chi connectivity index (χ3v) is 11.9. The number of phosphoric acid groups is 1. The van der Waals surface area contributed by atoms with Crippen LogP contribution in [-0.2, 0) is 32.7 Å². The van der Waals surface area contributed by atoms with Crippen molar-refractivity contribution in [3.8, 4) is 0 Å². The molecule has 348 valence electrons. The molecule has 0 aromatic rings. The second-order valence-electron chi connectivity index (χ2n) is 16.8. The van der Waals surface area contributed by atoms with E-state index in [-0.39, 0.29) is 26.2 Å². The van der Waals surface area contributed by atoms with Gasteiger partial charge in [0.2, 0.25) is 0 Å². The molecule has 0 aromatic carbocycles. The number of hydrogen-bond acceptors (Lipinski definition) is 8. The Morgan fingerprint density at radius 2 is 0.932 bits per heavy atom. The van der Waals surface area contributed by atoms with Gasteiger partial charge in [0.15, 0.2) is 6.10 Å². The normalized spacial score (nSPS) is 13.4. The molecule has 59 heavy (non-hydrogen) atoms. The van der Waals surface area contributed by atoms with Crippen molar-refractivity contribution in [3.63, 3.8) is 0 Å². The van der Waals surface area contributed by atoms with E-state index in [2.05, 4.69) is 13.8 Å². The van der Waals surface area contributed by atoms with Gasteiger partial charge in [0.25, 0.3) is 0 Å². The van der Waals surface area contributed by atoms with Gasteiger partial charge >= 0.3 is 19.8 Å². The van der Waals surface area contributed by atoms with Gasteiger partial charge in [0.1, 0.15) is 6.61 Å². The van der Waals surface area contributed by atoms with Gasteiger partial charge in [-0.1, -0.05) is 238 Å². The summed E-state index contributed by atoms with van der Waals surface area (Å²) in [5.41, 5.74) is 5.35. The van der Waals surface area contributed by atoms with Crippen LogP contribution in [0.4, 0.5) is 0 Å². The fourth-order valence-corrected chi connectivity index (χ4v) is 8.02. The molecule has 9 nitrogen and oxygen atoms in total. The Labute approximate surface area is 363 Å². The van der Waals surface area contributed by atoms with Crippen LogP contribution in [0.25, 0.3) is 0 Å². The van der Waals surface area contributed by atoms with E-state index in [9.17, 15) is 19.0 Å². The zero-order chi connectivity index (χ0) is 43.2. The lowest BCUT2D eigenvalue weighted by Crippen LogP contribution is -2.29. The molecule has 0 radical (unpaired) electrons. The van der Waals surface area contributed by atoms with Crippen LogP contribution in [0.15, 0.2) is 24.3 Å². The molecule has 0 saturated carbocycles. The lowest BCUT2D eigenvalue weighted by molar-refractivity contribution is -0.159. The van der Waals surface area contributed by atoms with Crippen molar-refractivity contribution in [2.75, 3.05) is 26.4 Å². The summed E-state index contributed by atoms with van der Waals surface area (Å²) < 4.78 is 32.7. The average Bonchev–Trinajstić information content (AvgIpc) is 3.22. The summed E-state index contributed by atoms with van der Waals surface area (Å²) in [6.07, 6.45) is 51.4. The Morgan fingerprint density at radius 3 is 1.34 bits per heavy atom. The highest BCUT2D eigenvalue weighted by atomic mass is 31.2. The average molecular weight is 856 g/mol. The van der Waals surface area contributed by atoms with Gasteiger partial charge in [-0.3, -0.25) is 13.8 Å². The standard InChI is InChI=1S/C49H94NO8P/c1-3-5-7-9-11-13-15-17-19-20-21-22-23-24-25-26-28-30-32-34-36-38-40-42-49(52)58-47(46-57-59(53,54)56-44-43-50)45-55-48(51)41-39-37-35-33-31-29-27-18-16-14-12-10-8-6-4-2/h35,37,39,41,47H,3-34,36,38,40,42-46,50H2,1-2H3,(H,53,54)/b37-35+,41-39+/t47-/m1/s1. The van der Waals surface area contributed by atoms with E-state index in [1.165, 1.54) is 192 Å². The Hall–Kier alpha value is -1.51. The molecule has 0 spiro atoms. The molecule has 0 aromatic heterocycles. The van der Waals surface area contributed by atoms with E-state index in [1.54, 1.807) is 6.08 Å². The highest BCUT2D eigenvalue weighted by molar-refractivity contribution is 7.47. The lowest BCUT2D eigenvalue weighted by atomic mass is 10.0. The Morgan fingerprint density at radius 1 is 0.542 bits per heavy atom. The maximum Gasteiger partial charge on any atom is 0.472 e. The molecule has 1 unspecified atom stereocenters. The van der Waals surface area contributed by atoms with Gasteiger partial charge in [-0.25, -0.2) is 9.36 Å². The molecule has 2 atom stereocenters. The van der Waals surface area contributed by atoms with Crippen LogP contribution in [0.1, 0.15) is 245 Å². The number of ether oxygens (including phenoxy) is 2. The monoisotopic (exact) mass is 856 g/mol. The molecule has 0 bridgehead atoms. The lowest BCUT2D eigenvalue weighted by Gasteiger charge is -2.19. The molecule has 0 aliphatic rings. The van der Waals surface area contributed by atoms with Gasteiger partial charge in [-0.05, 0) is 19.3 Å². The van der Waals surface area contributed by atoms with Crippen LogP contribution < -0.4 is 5.73 Å². The number of rotatable bonds is 47. The smallest absolute Gasteiger partial charge is 0.458 e. The van der Waals surface area contributed by atoms with E-state index in [1.807, 2.05) is 12.2 Å². The summed E-state index contributed by atoms with van der Waals surface area (Å²) in [7, 11) is -4.40. The fourth-order valence-electron chi connectivity index (χ4n) is 7.26. The largest absolute Gasteiger partial charge is 0.472 e. The quantitative estimate of drug-likeness (QED) is 0.0202. The molecular weight excluding hydrogens is 762 g/mol. The summed E-state index contributed by atoms with van der Waals surface area (Å²) in [5.74, 6) is -1.07. The van der Waals surface area contributed by atoms with Crippen LogP contribution in [0.3, 0.4) is 0 Å². The van der Waals surface area contributed by atoms with Crippen LogP contribution in [0, 0.1) is 0 Å². The number of hydrogen-bond donors (Lipinski definition) is 2. The van der Waals surface area contributed by atoms with E-state index in [0.717, 1.165) is 32.1 Å². The predicted molar refractivity (Wildman–Crippen MR) is 247 cm³/mol. The molecule has 3 N–H and O–H groups in total. The van der Waals surface area contributed by atoms with Gasteiger partial charge in [-0.2, -0.15) is 0 Å². The van der Waals surface area contributed by atoms with Gasteiger partial charge < -0.3 is 20.1 Å². The highest BCUT2D eigenvalue weighted by Gasteiger charge is 2.25. The fraction of sp³-hybridized carbons (Fsp3) is 0.878. The van der Waals surface area contributed by atoms with Crippen molar-refractivity contribution in [2.45, 2.75) is 251 Å². The SMILES string of the molecule is CCCCCCCCCCCCC/C=C/C=C/C(=O)OC[C@H](COP(=O)(O)OCCN)OC(=O)CCCCCCCCCCCCCCCCCCCCCCCCC. The number of carbonyl (C=O) groups excluding carboxylic acids is 2. The first kappa shape index (κ1) is 57.5. The molecule has 0 rings (SSSR count). The van der Waals surface area contributed by atoms with Crippen LogP contribution in [0.2, 0.25) is 0 Å². The summed E-state index contributed by atoms with van der Waals surface area (Å²) >= 11 is 0. The van der Waals surface area contributed by atoms with Gasteiger partial charge in [0, 0.05) is 19.0 Å². The van der Waals surface area contributed by atoms with E-state index >= 15 is 0 Å². The molecule has 0 amide bonds. The van der Waals surface area contributed by atoms with Gasteiger partial charge in [0.05, 0.1) is 13.2 Å². The summed E-state index contributed by atoms with van der Waals surface area (Å²) in [4.78, 5) is 34.8. The summed E-state index contributed by atoms with van der Waals surface area (Å²) in [5, 5.41) is 0. The molecule has 0 heterocycles. The third-order valence-electron chi connectivity index (χ3n) is 10.9. The second kappa shape index (κ2) is 46.0. The van der Waals surface area contributed by atoms with Crippen molar-refractivity contribution in [2.24, 2.45) is 5.73 Å². The number of nitrogens with two attached hydrogens (primary N) is 1. The first-order valence-corrected chi connectivity index (χ1v) is 26.4. The Bertz CT molecular complexity index is 1020. The molecular formula is C49H94NO8P. The first-order chi connectivity index (χ1) is 28.8. The van der Waals surface area contributed by atoms with Crippen molar-refractivity contribution in [3.05, 3.63) is 24.3 Å². The maximum atomic E-state index is 12.6. The van der Waals surface area contributed by atoms with E-state index in [4.69, 9.17) is 24.3 Å². The number of carbonyl (C=O) groups is 2. The summed E-state index contributed by atoms with van der Waals surface area (Å²) in [6.45, 7) is 3.65. The first-order valence-electron chi connectivity index (χ1n) is 24.9. The number of allylic oxidation sites excluding steroid dienone is 3. The van der Waals surface area contributed by atoms with E-state index in [0.29, 0.717) is 6.42 Å². The zero-order valence-electron chi connectivity index (χ0n) is 38.5. The van der Waals surface area contributed by atoms with Gasteiger partial charge in [-0.15, -0.1) is 0 Å². The second-order valence-corrected chi connectivity index (χ2v) is 18.2. The Balaban J connectivity index is 4.07. The molecule has 0 aliphatic heterocycles. The number of esters is 2. The minimum absolute atomic E-state index is 0.0452. The van der Waals surface area contributed by atoms with Crippen LogP contribution >= 0.6 is 7.82 Å². The highest BCUT2D eigenvalue weighted by Crippen LogP contribution is 2.43. The van der Waals surface area contributed by atoms with Crippen LogP contribution in [-0.4, -0.2) is 49.3 Å². The van der Waals surface area contributed by atoms with Crippen molar-refractivity contribution in [1.29, 1.82) is 0 Å². The number of unbranched alkanes of at least 4 members (excludes halogenated alkanes) is 33.